The van der Waals surface area contributed by atoms with Gasteiger partial charge in [0.25, 0.3) is 0 Å². The van der Waals surface area contributed by atoms with Crippen LogP contribution in [0.1, 0.15) is 25.8 Å². The van der Waals surface area contributed by atoms with Crippen LogP contribution in [0.5, 0.6) is 0 Å². The normalized spacial score (nSPS) is 21.4. The average Bonchev–Trinajstić information content (AvgIpc) is 2.34. The zero-order valence-electron chi connectivity index (χ0n) is 11.2. The second kappa shape index (κ2) is 6.50. The van der Waals surface area contributed by atoms with Crippen molar-refractivity contribution in [1.82, 2.24) is 15.2 Å². The molecule has 1 N–H and O–H groups in total. The highest BCUT2D eigenvalue weighted by Gasteiger charge is 2.23. The van der Waals surface area contributed by atoms with E-state index in [1.807, 2.05) is 12.3 Å². The molecule has 1 unspecified atom stereocenters. The van der Waals surface area contributed by atoms with Crippen molar-refractivity contribution in [3.8, 4) is 0 Å². The molecule has 0 aromatic carbocycles. The fourth-order valence-electron chi connectivity index (χ4n) is 2.54. The molecule has 1 aliphatic heterocycles. The van der Waals surface area contributed by atoms with Gasteiger partial charge < -0.3 is 5.32 Å². The third-order valence-corrected chi connectivity index (χ3v) is 3.79. The number of nitrogens with zero attached hydrogens (tertiary/aromatic N) is 2. The predicted octanol–water partition coefficient (Wildman–Crippen LogP) is 2.55. The number of piperazine rings is 1. The van der Waals surface area contributed by atoms with Crippen molar-refractivity contribution < 1.29 is 0 Å². The van der Waals surface area contributed by atoms with E-state index >= 15 is 0 Å². The number of rotatable bonds is 4. The van der Waals surface area contributed by atoms with E-state index in [-0.39, 0.29) is 0 Å². The van der Waals surface area contributed by atoms with Crippen molar-refractivity contribution in [2.45, 2.75) is 32.9 Å². The van der Waals surface area contributed by atoms with Gasteiger partial charge in [-0.15, -0.1) is 0 Å². The molecule has 1 fully saturated rings. The maximum absolute atomic E-state index is 6.19. The third kappa shape index (κ3) is 3.67. The molecule has 2 rings (SSSR count). The zero-order chi connectivity index (χ0) is 13.0. The highest BCUT2D eigenvalue weighted by atomic mass is 35.5. The minimum absolute atomic E-state index is 0.614. The van der Waals surface area contributed by atoms with Crippen molar-refractivity contribution in [2.75, 3.05) is 19.6 Å². The summed E-state index contributed by atoms with van der Waals surface area (Å²) in [5, 5.41) is 4.26. The third-order valence-electron chi connectivity index (χ3n) is 3.45. The summed E-state index contributed by atoms with van der Waals surface area (Å²) < 4.78 is 0. The Morgan fingerprint density at radius 2 is 2.39 bits per heavy atom. The molecule has 1 atom stereocenters. The molecule has 1 aliphatic rings. The Balaban J connectivity index is 2.03. The maximum Gasteiger partial charge on any atom is 0.0634 e. The molecule has 1 aromatic rings. The smallest absolute Gasteiger partial charge is 0.0634 e. The molecule has 100 valence electrons. The number of hydrogen-bond donors (Lipinski definition) is 1. The molecule has 18 heavy (non-hydrogen) atoms. The van der Waals surface area contributed by atoms with Crippen LogP contribution in [0.2, 0.25) is 5.02 Å². The Morgan fingerprint density at radius 1 is 1.56 bits per heavy atom. The summed E-state index contributed by atoms with van der Waals surface area (Å²) in [6.45, 7) is 8.74. The van der Waals surface area contributed by atoms with Gasteiger partial charge in [-0.1, -0.05) is 25.4 Å². The van der Waals surface area contributed by atoms with E-state index in [0.717, 1.165) is 37.1 Å². The summed E-state index contributed by atoms with van der Waals surface area (Å²) in [6.07, 6.45) is 4.78. The molecule has 2 heterocycles. The van der Waals surface area contributed by atoms with E-state index in [0.29, 0.717) is 6.04 Å². The summed E-state index contributed by atoms with van der Waals surface area (Å²) in [7, 11) is 0. The molecular weight excluding hydrogens is 246 g/mol. The van der Waals surface area contributed by atoms with Crippen LogP contribution < -0.4 is 5.32 Å². The van der Waals surface area contributed by atoms with Crippen LogP contribution in [0.25, 0.3) is 0 Å². The lowest BCUT2D eigenvalue weighted by molar-refractivity contribution is 0.134. The summed E-state index contributed by atoms with van der Waals surface area (Å²) in [6, 6.07) is 2.64. The molecule has 0 spiro atoms. The van der Waals surface area contributed by atoms with E-state index in [1.165, 1.54) is 12.0 Å². The summed E-state index contributed by atoms with van der Waals surface area (Å²) in [5.74, 6) is 0.727. The van der Waals surface area contributed by atoms with Gasteiger partial charge in [-0.3, -0.25) is 9.88 Å². The largest absolute Gasteiger partial charge is 0.314 e. The Kier molecular flexibility index (Phi) is 4.98. The molecule has 4 heteroatoms. The first-order valence-electron chi connectivity index (χ1n) is 6.70. The van der Waals surface area contributed by atoms with Crippen LogP contribution in [0.4, 0.5) is 0 Å². The Hall–Kier alpha value is -0.640. The zero-order valence-corrected chi connectivity index (χ0v) is 12.0. The van der Waals surface area contributed by atoms with Gasteiger partial charge in [-0.2, -0.15) is 0 Å². The number of halogens is 1. The standard InChI is InChI=1S/C14H22ClN3/c1-11(2)7-13-8-17-5-6-18(13)10-12-3-4-16-9-14(12)15/h3-4,9,11,13,17H,5-8,10H2,1-2H3. The molecule has 0 radical (unpaired) electrons. The fourth-order valence-corrected chi connectivity index (χ4v) is 2.72. The Labute approximate surface area is 115 Å². The number of nitrogens with one attached hydrogen (secondary N) is 1. The van der Waals surface area contributed by atoms with Gasteiger partial charge in [0.1, 0.15) is 0 Å². The van der Waals surface area contributed by atoms with Gasteiger partial charge in [0.2, 0.25) is 0 Å². The first-order chi connectivity index (χ1) is 8.66. The van der Waals surface area contributed by atoms with Gasteiger partial charge in [0.05, 0.1) is 5.02 Å². The van der Waals surface area contributed by atoms with E-state index in [9.17, 15) is 0 Å². The topological polar surface area (TPSA) is 28.2 Å². The second-order valence-electron chi connectivity index (χ2n) is 5.43. The van der Waals surface area contributed by atoms with Gasteiger partial charge in [-0.25, -0.2) is 0 Å². The molecular formula is C14H22ClN3. The lowest BCUT2D eigenvalue weighted by Crippen LogP contribution is -2.51. The van der Waals surface area contributed by atoms with Crippen LogP contribution in [0.15, 0.2) is 18.5 Å². The van der Waals surface area contributed by atoms with Crippen LogP contribution in [0.3, 0.4) is 0 Å². The number of aromatic nitrogens is 1. The summed E-state index contributed by atoms with van der Waals surface area (Å²) in [4.78, 5) is 6.58. The SMILES string of the molecule is CC(C)CC1CNCCN1Cc1ccncc1Cl. The van der Waals surface area contributed by atoms with E-state index in [1.54, 1.807) is 6.20 Å². The van der Waals surface area contributed by atoms with Crippen molar-refractivity contribution >= 4 is 11.6 Å². The van der Waals surface area contributed by atoms with Crippen molar-refractivity contribution in [1.29, 1.82) is 0 Å². The fraction of sp³-hybridized carbons (Fsp3) is 0.643. The first kappa shape index (κ1) is 13.8. The highest BCUT2D eigenvalue weighted by Crippen LogP contribution is 2.20. The minimum atomic E-state index is 0.614. The highest BCUT2D eigenvalue weighted by molar-refractivity contribution is 6.31. The first-order valence-corrected chi connectivity index (χ1v) is 7.07. The van der Waals surface area contributed by atoms with Gasteiger partial charge in [0.15, 0.2) is 0 Å². The van der Waals surface area contributed by atoms with E-state index in [2.05, 4.69) is 29.0 Å². The average molecular weight is 268 g/mol. The minimum Gasteiger partial charge on any atom is -0.314 e. The quantitative estimate of drug-likeness (QED) is 0.909. The summed E-state index contributed by atoms with van der Waals surface area (Å²) >= 11 is 6.19. The van der Waals surface area contributed by atoms with Gasteiger partial charge >= 0.3 is 0 Å². The van der Waals surface area contributed by atoms with Crippen molar-refractivity contribution in [3.63, 3.8) is 0 Å². The summed E-state index contributed by atoms with van der Waals surface area (Å²) in [5.41, 5.74) is 1.18. The van der Waals surface area contributed by atoms with Gasteiger partial charge in [-0.05, 0) is 24.0 Å². The van der Waals surface area contributed by atoms with Crippen LogP contribution in [-0.4, -0.2) is 35.6 Å². The molecule has 0 saturated carbocycles. The molecule has 3 nitrogen and oxygen atoms in total. The van der Waals surface area contributed by atoms with E-state index in [4.69, 9.17) is 11.6 Å². The van der Waals surface area contributed by atoms with Crippen LogP contribution >= 0.6 is 11.6 Å². The van der Waals surface area contributed by atoms with Crippen LogP contribution in [-0.2, 0) is 6.54 Å². The van der Waals surface area contributed by atoms with Gasteiger partial charge in [0, 0.05) is 44.6 Å². The Morgan fingerprint density at radius 3 is 3.11 bits per heavy atom. The van der Waals surface area contributed by atoms with E-state index < -0.39 is 0 Å². The maximum atomic E-state index is 6.19. The monoisotopic (exact) mass is 267 g/mol. The van der Waals surface area contributed by atoms with Crippen molar-refractivity contribution in [2.24, 2.45) is 5.92 Å². The molecule has 0 bridgehead atoms. The Bertz CT molecular complexity index is 381. The van der Waals surface area contributed by atoms with Crippen LogP contribution in [0, 0.1) is 5.92 Å². The molecule has 0 amide bonds. The number of pyridine rings is 1. The molecule has 1 saturated heterocycles. The molecule has 1 aromatic heterocycles. The lowest BCUT2D eigenvalue weighted by atomic mass is 10.0. The molecule has 0 aliphatic carbocycles. The lowest BCUT2D eigenvalue weighted by Gasteiger charge is -2.37. The second-order valence-corrected chi connectivity index (χ2v) is 5.83. The predicted molar refractivity (Wildman–Crippen MR) is 75.8 cm³/mol. The van der Waals surface area contributed by atoms with Crippen molar-refractivity contribution in [3.05, 3.63) is 29.0 Å². The number of hydrogen-bond acceptors (Lipinski definition) is 3.